The van der Waals surface area contributed by atoms with Crippen molar-refractivity contribution in [1.29, 1.82) is 0 Å². The van der Waals surface area contributed by atoms with Gasteiger partial charge < -0.3 is 10.2 Å². The molecule has 0 aliphatic carbocycles. The second kappa shape index (κ2) is 7.37. The second-order valence-electron chi connectivity index (χ2n) is 6.31. The summed E-state index contributed by atoms with van der Waals surface area (Å²) in [5.74, 6) is -0.150. The molecule has 0 radical (unpaired) electrons. The van der Waals surface area contributed by atoms with Gasteiger partial charge in [0.15, 0.2) is 0 Å². The lowest BCUT2D eigenvalue weighted by Crippen LogP contribution is -2.23. The van der Waals surface area contributed by atoms with Gasteiger partial charge in [-0.25, -0.2) is 4.98 Å². The van der Waals surface area contributed by atoms with E-state index in [9.17, 15) is 9.59 Å². The van der Waals surface area contributed by atoms with Crippen molar-refractivity contribution >= 4 is 40.3 Å². The summed E-state index contributed by atoms with van der Waals surface area (Å²) in [7, 11) is 0. The summed E-state index contributed by atoms with van der Waals surface area (Å²) in [6.45, 7) is 0.719. The predicted molar refractivity (Wildman–Crippen MR) is 105 cm³/mol. The molecule has 0 bridgehead atoms. The van der Waals surface area contributed by atoms with E-state index in [1.165, 1.54) is 6.08 Å². The maximum absolute atomic E-state index is 12.2. The standard InChI is InChI=1S/C21H18N4O2/c26-20(11-10-16-14-22-18-7-1-2-8-19(18)23-16)24-15-5-3-6-17(13-15)25-12-4-9-21(25)27/h1-3,5-8,10-11,13-14H,4,9,12H2,(H,24,26)/b11-10+. The number of rotatable bonds is 4. The zero-order chi connectivity index (χ0) is 18.6. The molecule has 2 amide bonds. The normalized spacial score (nSPS) is 14.2. The number of anilines is 2. The van der Waals surface area contributed by atoms with E-state index in [2.05, 4.69) is 15.3 Å². The minimum Gasteiger partial charge on any atom is -0.322 e. The van der Waals surface area contributed by atoms with Gasteiger partial charge in [0, 0.05) is 30.4 Å². The first-order valence-corrected chi connectivity index (χ1v) is 8.80. The lowest BCUT2D eigenvalue weighted by Gasteiger charge is -2.16. The zero-order valence-corrected chi connectivity index (χ0v) is 14.6. The Morgan fingerprint density at radius 2 is 1.96 bits per heavy atom. The molecule has 1 fully saturated rings. The van der Waals surface area contributed by atoms with E-state index in [1.54, 1.807) is 23.2 Å². The number of carbonyl (C=O) groups excluding carboxylic acids is 2. The van der Waals surface area contributed by atoms with Crippen molar-refractivity contribution in [1.82, 2.24) is 9.97 Å². The summed E-state index contributed by atoms with van der Waals surface area (Å²) in [5.41, 5.74) is 3.65. The summed E-state index contributed by atoms with van der Waals surface area (Å²) in [4.78, 5) is 34.6. The van der Waals surface area contributed by atoms with E-state index in [-0.39, 0.29) is 11.8 Å². The van der Waals surface area contributed by atoms with Gasteiger partial charge in [-0.05, 0) is 42.8 Å². The lowest BCUT2D eigenvalue weighted by atomic mass is 10.2. The number of amides is 2. The van der Waals surface area contributed by atoms with Crippen LogP contribution in [-0.4, -0.2) is 28.3 Å². The van der Waals surface area contributed by atoms with Crippen LogP contribution in [0.4, 0.5) is 11.4 Å². The molecule has 2 aromatic carbocycles. The van der Waals surface area contributed by atoms with Crippen molar-refractivity contribution in [2.24, 2.45) is 0 Å². The number of aromatic nitrogens is 2. The van der Waals surface area contributed by atoms with E-state index < -0.39 is 0 Å². The van der Waals surface area contributed by atoms with Crippen molar-refractivity contribution in [2.75, 3.05) is 16.8 Å². The number of hydrogen-bond donors (Lipinski definition) is 1. The lowest BCUT2D eigenvalue weighted by molar-refractivity contribution is -0.117. The summed E-state index contributed by atoms with van der Waals surface area (Å²) in [6.07, 6.45) is 6.12. The molecule has 6 heteroatoms. The van der Waals surface area contributed by atoms with Crippen LogP contribution < -0.4 is 10.2 Å². The van der Waals surface area contributed by atoms with Gasteiger partial charge in [0.25, 0.3) is 0 Å². The largest absolute Gasteiger partial charge is 0.322 e. The van der Waals surface area contributed by atoms with Crippen LogP contribution in [0.1, 0.15) is 18.5 Å². The van der Waals surface area contributed by atoms with Crippen LogP contribution >= 0.6 is 0 Å². The number of fused-ring (bicyclic) bond motifs is 1. The molecule has 1 N–H and O–H groups in total. The first kappa shape index (κ1) is 16.9. The number of carbonyl (C=O) groups is 2. The highest BCUT2D eigenvalue weighted by Gasteiger charge is 2.21. The highest BCUT2D eigenvalue weighted by molar-refractivity contribution is 6.02. The predicted octanol–water partition coefficient (Wildman–Crippen LogP) is 3.41. The molecule has 1 saturated heterocycles. The first-order chi connectivity index (χ1) is 13.2. The maximum atomic E-state index is 12.2. The van der Waals surface area contributed by atoms with Crippen LogP contribution in [0.25, 0.3) is 17.1 Å². The van der Waals surface area contributed by atoms with Crippen LogP contribution in [0.3, 0.4) is 0 Å². The molecule has 3 aromatic rings. The Labute approximate surface area is 156 Å². The fraction of sp³-hybridized carbons (Fsp3) is 0.143. The summed E-state index contributed by atoms with van der Waals surface area (Å²) >= 11 is 0. The monoisotopic (exact) mass is 358 g/mol. The van der Waals surface area contributed by atoms with E-state index in [4.69, 9.17) is 0 Å². The minimum absolute atomic E-state index is 0.119. The highest BCUT2D eigenvalue weighted by Crippen LogP contribution is 2.24. The van der Waals surface area contributed by atoms with Crippen molar-refractivity contribution < 1.29 is 9.59 Å². The van der Waals surface area contributed by atoms with Gasteiger partial charge >= 0.3 is 0 Å². The van der Waals surface area contributed by atoms with Gasteiger partial charge in [-0.3, -0.25) is 14.6 Å². The number of nitrogens with zero attached hydrogens (tertiary/aromatic N) is 3. The van der Waals surface area contributed by atoms with Crippen LogP contribution in [0.2, 0.25) is 0 Å². The van der Waals surface area contributed by atoms with Gasteiger partial charge in [0.05, 0.1) is 22.9 Å². The molecule has 0 atom stereocenters. The van der Waals surface area contributed by atoms with E-state index in [1.807, 2.05) is 42.5 Å². The third kappa shape index (κ3) is 3.84. The molecule has 0 unspecified atom stereocenters. The summed E-state index contributed by atoms with van der Waals surface area (Å²) < 4.78 is 0. The van der Waals surface area contributed by atoms with Gasteiger partial charge in [-0.1, -0.05) is 18.2 Å². The molecular weight excluding hydrogens is 340 g/mol. The van der Waals surface area contributed by atoms with E-state index >= 15 is 0 Å². The van der Waals surface area contributed by atoms with E-state index in [0.29, 0.717) is 17.8 Å². The zero-order valence-electron chi connectivity index (χ0n) is 14.6. The minimum atomic E-state index is -0.269. The molecule has 27 heavy (non-hydrogen) atoms. The molecule has 1 aliphatic rings. The third-order valence-electron chi connectivity index (χ3n) is 4.37. The topological polar surface area (TPSA) is 75.2 Å². The Hall–Kier alpha value is -3.54. The van der Waals surface area contributed by atoms with Gasteiger partial charge in [0.2, 0.25) is 11.8 Å². The summed E-state index contributed by atoms with van der Waals surface area (Å²) in [6, 6.07) is 14.9. The number of hydrogen-bond acceptors (Lipinski definition) is 4. The first-order valence-electron chi connectivity index (χ1n) is 8.80. The van der Waals surface area contributed by atoms with Crippen molar-refractivity contribution in [3.63, 3.8) is 0 Å². The Balaban J connectivity index is 1.45. The Morgan fingerprint density at radius 3 is 2.78 bits per heavy atom. The van der Waals surface area contributed by atoms with Crippen molar-refractivity contribution in [3.05, 3.63) is 66.5 Å². The smallest absolute Gasteiger partial charge is 0.248 e. The second-order valence-corrected chi connectivity index (χ2v) is 6.31. The van der Waals surface area contributed by atoms with E-state index in [0.717, 1.165) is 29.7 Å². The molecule has 2 heterocycles. The third-order valence-corrected chi connectivity index (χ3v) is 4.37. The maximum Gasteiger partial charge on any atom is 0.248 e. The molecule has 1 aliphatic heterocycles. The Kier molecular flexibility index (Phi) is 4.61. The molecule has 0 saturated carbocycles. The van der Waals surface area contributed by atoms with Gasteiger partial charge in [-0.2, -0.15) is 0 Å². The molecule has 134 valence electrons. The Bertz CT molecular complexity index is 1050. The van der Waals surface area contributed by atoms with Crippen LogP contribution in [0, 0.1) is 0 Å². The van der Waals surface area contributed by atoms with Gasteiger partial charge in [0.1, 0.15) is 0 Å². The highest BCUT2D eigenvalue weighted by atomic mass is 16.2. The fourth-order valence-corrected chi connectivity index (χ4v) is 3.07. The molecule has 4 rings (SSSR count). The summed E-state index contributed by atoms with van der Waals surface area (Å²) in [5, 5.41) is 2.82. The van der Waals surface area contributed by atoms with Crippen LogP contribution in [-0.2, 0) is 9.59 Å². The van der Waals surface area contributed by atoms with Crippen molar-refractivity contribution in [2.45, 2.75) is 12.8 Å². The average molecular weight is 358 g/mol. The Morgan fingerprint density at radius 1 is 1.11 bits per heavy atom. The number of nitrogens with one attached hydrogen (secondary N) is 1. The SMILES string of the molecule is O=C(/C=C/c1cnc2ccccc2n1)Nc1cccc(N2CCCC2=O)c1. The van der Waals surface area contributed by atoms with Crippen molar-refractivity contribution in [3.8, 4) is 0 Å². The molecular formula is C21H18N4O2. The fourth-order valence-electron chi connectivity index (χ4n) is 3.07. The molecule has 6 nitrogen and oxygen atoms in total. The molecule has 0 spiro atoms. The van der Waals surface area contributed by atoms with Crippen LogP contribution in [0.5, 0.6) is 0 Å². The van der Waals surface area contributed by atoms with Gasteiger partial charge in [-0.15, -0.1) is 0 Å². The van der Waals surface area contributed by atoms with Crippen LogP contribution in [0.15, 0.2) is 60.8 Å². The molecule has 1 aromatic heterocycles. The number of para-hydroxylation sites is 2. The quantitative estimate of drug-likeness (QED) is 0.725. The number of benzene rings is 2. The average Bonchev–Trinajstić information content (AvgIpc) is 3.12.